The standard InChI is InChI=1S/C33H36FN7O5/c1-19-26(44-21-7-9-25-23(15-21)37-18-40(25)5)10-8-22(28(19)34)38-30-29-24(35-17-36-30)16-27(43-6)31(39-29)45-20-11-13-41(14-12-20)32(42)46-33(2,3)4/h7-10,15-18,20H,11-14H2,1-6H3,(H,35,36,38). The lowest BCUT2D eigenvalue weighted by Crippen LogP contribution is -2.44. The number of halogens is 1. The molecule has 0 aliphatic carbocycles. The third-order valence-electron chi connectivity index (χ3n) is 7.65. The van der Waals surface area contributed by atoms with Crippen LogP contribution in [0.25, 0.3) is 22.1 Å². The van der Waals surface area contributed by atoms with Gasteiger partial charge in [-0.2, -0.15) is 0 Å². The van der Waals surface area contributed by atoms with Gasteiger partial charge in [0.15, 0.2) is 17.4 Å². The highest BCUT2D eigenvalue weighted by molar-refractivity contribution is 5.88. The first kappa shape index (κ1) is 30.8. The molecule has 46 heavy (non-hydrogen) atoms. The Morgan fingerprint density at radius 1 is 1.02 bits per heavy atom. The topological polar surface area (TPSA) is 126 Å². The van der Waals surface area contributed by atoms with Crippen molar-refractivity contribution < 1.29 is 28.1 Å². The van der Waals surface area contributed by atoms with Gasteiger partial charge in [-0.1, -0.05) is 0 Å². The number of methoxy groups -OCH3 is 1. The number of carbonyl (C=O) groups excluding carboxylic acids is 1. The van der Waals surface area contributed by atoms with E-state index in [1.165, 1.54) is 13.4 Å². The number of nitrogens with one attached hydrogen (secondary N) is 1. The van der Waals surface area contributed by atoms with Crippen molar-refractivity contribution in [3.63, 3.8) is 0 Å². The summed E-state index contributed by atoms with van der Waals surface area (Å²) in [6, 6.07) is 10.5. The van der Waals surface area contributed by atoms with E-state index >= 15 is 4.39 Å². The first-order valence-corrected chi connectivity index (χ1v) is 15.0. The van der Waals surface area contributed by atoms with E-state index in [2.05, 4.69) is 20.3 Å². The minimum Gasteiger partial charge on any atom is -0.491 e. The lowest BCUT2D eigenvalue weighted by atomic mass is 10.1. The molecule has 1 amide bonds. The van der Waals surface area contributed by atoms with E-state index in [0.29, 0.717) is 65.6 Å². The van der Waals surface area contributed by atoms with Crippen molar-refractivity contribution in [2.24, 2.45) is 7.05 Å². The Labute approximate surface area is 265 Å². The quantitative estimate of drug-likeness (QED) is 0.208. The van der Waals surface area contributed by atoms with Crippen molar-refractivity contribution in [1.82, 2.24) is 29.4 Å². The first-order valence-electron chi connectivity index (χ1n) is 15.0. The Balaban J connectivity index is 1.20. The molecule has 0 saturated carbocycles. The summed E-state index contributed by atoms with van der Waals surface area (Å²) in [5, 5.41) is 3.07. The molecule has 0 atom stereocenters. The molecule has 2 aromatic carbocycles. The normalized spacial score (nSPS) is 14.0. The van der Waals surface area contributed by atoms with Gasteiger partial charge in [0.05, 0.1) is 35.7 Å². The fourth-order valence-corrected chi connectivity index (χ4v) is 5.22. The van der Waals surface area contributed by atoms with Crippen LogP contribution in [0.3, 0.4) is 0 Å². The number of hydrogen-bond acceptors (Lipinski definition) is 10. The van der Waals surface area contributed by atoms with Crippen molar-refractivity contribution in [2.75, 3.05) is 25.5 Å². The van der Waals surface area contributed by atoms with Crippen LogP contribution in [0, 0.1) is 12.7 Å². The Morgan fingerprint density at radius 2 is 1.80 bits per heavy atom. The molecule has 1 saturated heterocycles. The zero-order valence-electron chi connectivity index (χ0n) is 26.6. The van der Waals surface area contributed by atoms with Crippen LogP contribution in [0.5, 0.6) is 23.1 Å². The fourth-order valence-electron chi connectivity index (χ4n) is 5.22. The van der Waals surface area contributed by atoms with E-state index in [0.717, 1.165) is 11.0 Å². The van der Waals surface area contributed by atoms with E-state index in [4.69, 9.17) is 23.9 Å². The van der Waals surface area contributed by atoms with E-state index < -0.39 is 11.4 Å². The van der Waals surface area contributed by atoms with Gasteiger partial charge in [0.2, 0.25) is 0 Å². The summed E-state index contributed by atoms with van der Waals surface area (Å²) in [6.07, 6.45) is 3.74. The molecule has 1 fully saturated rings. The molecule has 3 aromatic heterocycles. The number of ether oxygens (including phenoxy) is 4. The number of aryl methyl sites for hydroxylation is 1. The molecule has 240 valence electrons. The summed E-state index contributed by atoms with van der Waals surface area (Å²) in [6.45, 7) is 8.15. The third kappa shape index (κ3) is 6.44. The number of amides is 1. The Morgan fingerprint density at radius 3 is 2.54 bits per heavy atom. The van der Waals surface area contributed by atoms with Gasteiger partial charge in [0.25, 0.3) is 5.88 Å². The van der Waals surface area contributed by atoms with Crippen LogP contribution in [0.15, 0.2) is 49.1 Å². The van der Waals surface area contributed by atoms with Crippen LogP contribution < -0.4 is 19.5 Å². The smallest absolute Gasteiger partial charge is 0.410 e. The van der Waals surface area contributed by atoms with E-state index in [1.54, 1.807) is 36.4 Å². The molecule has 6 rings (SSSR count). The number of pyridine rings is 1. The Bertz CT molecular complexity index is 1910. The van der Waals surface area contributed by atoms with Gasteiger partial charge in [-0.3, -0.25) is 0 Å². The zero-order valence-corrected chi connectivity index (χ0v) is 26.6. The molecule has 5 aromatic rings. The minimum atomic E-state index is -0.562. The summed E-state index contributed by atoms with van der Waals surface area (Å²) >= 11 is 0. The zero-order chi connectivity index (χ0) is 32.6. The van der Waals surface area contributed by atoms with Gasteiger partial charge in [-0.25, -0.2) is 29.1 Å². The number of fused-ring (bicyclic) bond motifs is 2. The van der Waals surface area contributed by atoms with Crippen LogP contribution in [0.2, 0.25) is 0 Å². The highest BCUT2D eigenvalue weighted by Crippen LogP contribution is 2.36. The highest BCUT2D eigenvalue weighted by atomic mass is 19.1. The average Bonchev–Trinajstić information content (AvgIpc) is 3.39. The van der Waals surface area contributed by atoms with Crippen LogP contribution in [0.4, 0.5) is 20.7 Å². The molecule has 13 heteroatoms. The monoisotopic (exact) mass is 629 g/mol. The molecule has 0 spiro atoms. The predicted molar refractivity (Wildman–Crippen MR) is 171 cm³/mol. The summed E-state index contributed by atoms with van der Waals surface area (Å²) in [5.41, 5.74) is 2.57. The molecule has 0 unspecified atom stereocenters. The van der Waals surface area contributed by atoms with Gasteiger partial charge >= 0.3 is 6.09 Å². The average molecular weight is 630 g/mol. The molecule has 1 N–H and O–H groups in total. The molecule has 0 radical (unpaired) electrons. The van der Waals surface area contributed by atoms with Crippen molar-refractivity contribution >= 4 is 39.7 Å². The van der Waals surface area contributed by atoms with Gasteiger partial charge < -0.3 is 33.7 Å². The number of likely N-dealkylation sites (tertiary alicyclic amines) is 1. The molecular formula is C33H36FN7O5. The van der Waals surface area contributed by atoms with Crippen molar-refractivity contribution in [3.8, 4) is 23.1 Å². The van der Waals surface area contributed by atoms with Crippen LogP contribution in [-0.2, 0) is 11.8 Å². The van der Waals surface area contributed by atoms with Gasteiger partial charge in [0, 0.05) is 50.7 Å². The summed E-state index contributed by atoms with van der Waals surface area (Å²) in [4.78, 5) is 31.9. The molecule has 1 aliphatic rings. The number of aromatic nitrogens is 5. The number of carbonyl (C=O) groups is 1. The van der Waals surface area contributed by atoms with Crippen molar-refractivity contribution in [1.29, 1.82) is 0 Å². The number of imidazole rings is 1. The molecular weight excluding hydrogens is 593 g/mol. The number of rotatable bonds is 7. The number of nitrogens with zero attached hydrogens (tertiary/aromatic N) is 6. The maximum atomic E-state index is 15.7. The lowest BCUT2D eigenvalue weighted by molar-refractivity contribution is 0.0121. The summed E-state index contributed by atoms with van der Waals surface area (Å²) in [5.74, 6) is 1.39. The number of benzene rings is 2. The van der Waals surface area contributed by atoms with Crippen LogP contribution >= 0.6 is 0 Å². The predicted octanol–water partition coefficient (Wildman–Crippen LogP) is 6.68. The number of anilines is 2. The van der Waals surface area contributed by atoms with E-state index in [1.807, 2.05) is 50.6 Å². The maximum Gasteiger partial charge on any atom is 0.410 e. The highest BCUT2D eigenvalue weighted by Gasteiger charge is 2.29. The lowest BCUT2D eigenvalue weighted by Gasteiger charge is -2.33. The largest absolute Gasteiger partial charge is 0.491 e. The molecule has 4 heterocycles. The second-order valence-electron chi connectivity index (χ2n) is 12.2. The van der Waals surface area contributed by atoms with Gasteiger partial charge in [-0.15, -0.1) is 0 Å². The molecule has 1 aliphatic heterocycles. The second kappa shape index (κ2) is 12.3. The van der Waals surface area contributed by atoms with E-state index in [9.17, 15) is 4.79 Å². The van der Waals surface area contributed by atoms with Crippen LogP contribution in [0.1, 0.15) is 39.2 Å². The number of piperidine rings is 1. The SMILES string of the molecule is COc1cc2ncnc(Nc3ccc(Oc4ccc5c(c4)ncn5C)c(C)c3F)c2nc1OC1CCN(C(=O)OC(C)(C)C)CC1. The summed E-state index contributed by atoms with van der Waals surface area (Å²) in [7, 11) is 3.44. The van der Waals surface area contributed by atoms with Gasteiger partial charge in [0.1, 0.15) is 35.0 Å². The Hall–Kier alpha value is -5.20. The molecule has 12 nitrogen and oxygen atoms in total. The van der Waals surface area contributed by atoms with Crippen LogP contribution in [-0.4, -0.2) is 67.4 Å². The third-order valence-corrected chi connectivity index (χ3v) is 7.65. The molecule has 0 bridgehead atoms. The maximum absolute atomic E-state index is 15.7. The summed E-state index contributed by atoms with van der Waals surface area (Å²) < 4.78 is 41.0. The minimum absolute atomic E-state index is 0.194. The number of hydrogen-bond donors (Lipinski definition) is 1. The first-order chi connectivity index (χ1) is 22.0. The fraction of sp³-hybridized carbons (Fsp3) is 0.364. The van der Waals surface area contributed by atoms with Crippen molar-refractivity contribution in [3.05, 3.63) is 60.4 Å². The second-order valence-corrected chi connectivity index (χ2v) is 12.2. The Kier molecular flexibility index (Phi) is 8.24. The van der Waals surface area contributed by atoms with Gasteiger partial charge in [-0.05, 0) is 52.0 Å². The van der Waals surface area contributed by atoms with E-state index in [-0.39, 0.29) is 23.8 Å². The van der Waals surface area contributed by atoms with Crippen molar-refractivity contribution in [2.45, 2.75) is 52.2 Å².